The molecule has 2 aromatic rings. The zero-order valence-corrected chi connectivity index (χ0v) is 32.4. The number of thioether (sulfide) groups is 1. The topological polar surface area (TPSA) is 92.4 Å². The van der Waals surface area contributed by atoms with Gasteiger partial charge in [0.1, 0.15) is 5.78 Å². The molecular formula is C45H58N4O3S. The molecule has 0 unspecified atom stereocenters. The van der Waals surface area contributed by atoms with Gasteiger partial charge in [0.05, 0.1) is 23.3 Å². The lowest BCUT2D eigenvalue weighted by atomic mass is 9.58. The molecule has 3 N–H and O–H groups in total. The zero-order chi connectivity index (χ0) is 36.0. The number of nitrogens with zero attached hydrogens (tertiary/aromatic N) is 1. The smallest absolute Gasteiger partial charge is 0.315 e. The van der Waals surface area contributed by atoms with Gasteiger partial charge >= 0.3 is 6.03 Å². The molecule has 7 aliphatic rings. The summed E-state index contributed by atoms with van der Waals surface area (Å²) in [4.78, 5) is 28.5. The van der Waals surface area contributed by atoms with Crippen molar-refractivity contribution in [2.24, 2.45) is 11.3 Å². The SMILES string of the molecule is C[C@]12CC=C3C=C4C=C[C@@H](NCCCCCCCC(=O)CCCC[C@@H]5SC[C@@H]6NC(=O)N[C@@H]65)C[C@]45CC[C@]3(O5)[C@@H]1CC[C@@H]2c1ccc2ccncc2c1. The lowest BCUT2D eigenvalue weighted by Gasteiger charge is -2.53. The fourth-order valence-corrected chi connectivity index (χ4v) is 13.3. The van der Waals surface area contributed by atoms with Crippen LogP contribution in [0.25, 0.3) is 10.8 Å². The van der Waals surface area contributed by atoms with Crippen molar-refractivity contribution >= 4 is 34.3 Å². The number of benzene rings is 1. The number of hydrogen-bond acceptors (Lipinski definition) is 6. The highest BCUT2D eigenvalue weighted by Crippen LogP contribution is 2.69. The van der Waals surface area contributed by atoms with Crippen LogP contribution in [0.4, 0.5) is 4.79 Å². The van der Waals surface area contributed by atoms with Crippen molar-refractivity contribution < 1.29 is 14.3 Å². The summed E-state index contributed by atoms with van der Waals surface area (Å²) in [5, 5.41) is 13.0. The van der Waals surface area contributed by atoms with Gasteiger partial charge in [-0.3, -0.25) is 9.78 Å². The van der Waals surface area contributed by atoms with Gasteiger partial charge < -0.3 is 20.7 Å². The Morgan fingerprint density at radius 1 is 1.00 bits per heavy atom. The number of allylic oxidation sites excluding steroid dienone is 1. The number of aromatic nitrogens is 1. The first kappa shape index (κ1) is 35.7. The van der Waals surface area contributed by atoms with Gasteiger partial charge in [-0.05, 0) is 122 Å². The zero-order valence-electron chi connectivity index (χ0n) is 31.5. The van der Waals surface area contributed by atoms with Gasteiger partial charge in [0.2, 0.25) is 0 Å². The van der Waals surface area contributed by atoms with Crippen LogP contribution in [0.3, 0.4) is 0 Å². The fourth-order valence-electron chi connectivity index (χ4n) is 11.8. The van der Waals surface area contributed by atoms with Crippen LogP contribution in [0.5, 0.6) is 0 Å². The Hall–Kier alpha value is -2.94. The molecule has 1 aromatic heterocycles. The lowest BCUT2D eigenvalue weighted by Crippen LogP contribution is -2.54. The molecule has 4 fully saturated rings. The van der Waals surface area contributed by atoms with Crippen molar-refractivity contribution in [3.63, 3.8) is 0 Å². The number of hydrogen-bond donors (Lipinski definition) is 3. The summed E-state index contributed by atoms with van der Waals surface area (Å²) >= 11 is 1.96. The summed E-state index contributed by atoms with van der Waals surface area (Å²) in [5.41, 5.74) is 4.21. The van der Waals surface area contributed by atoms with Crippen molar-refractivity contribution in [2.45, 2.75) is 150 Å². The van der Waals surface area contributed by atoms with E-state index in [1.807, 2.05) is 24.2 Å². The third-order valence-corrected chi connectivity index (χ3v) is 16.1. The van der Waals surface area contributed by atoms with Crippen molar-refractivity contribution in [1.29, 1.82) is 0 Å². The van der Waals surface area contributed by atoms with E-state index in [0.29, 0.717) is 35.3 Å². The fraction of sp³-hybridized carbons (Fsp3) is 0.622. The number of carbonyl (C=O) groups is 2. The Bertz CT molecular complexity index is 1820. The molecule has 2 bridgehead atoms. The maximum Gasteiger partial charge on any atom is 0.315 e. The number of fused-ring (bicyclic) bond motifs is 3. The number of amides is 2. The minimum absolute atomic E-state index is 0.0210. The molecular weight excluding hydrogens is 677 g/mol. The number of carbonyl (C=O) groups excluding carboxylic acids is 2. The number of ether oxygens (including phenoxy) is 1. The van der Waals surface area contributed by atoms with Gasteiger partial charge in [-0.15, -0.1) is 0 Å². The van der Waals surface area contributed by atoms with Crippen LogP contribution >= 0.6 is 11.8 Å². The number of rotatable bonds is 15. The van der Waals surface area contributed by atoms with Gasteiger partial charge in [0.15, 0.2) is 0 Å². The predicted molar refractivity (Wildman–Crippen MR) is 214 cm³/mol. The van der Waals surface area contributed by atoms with Crippen LogP contribution in [0.15, 0.2) is 72.1 Å². The van der Waals surface area contributed by atoms with E-state index in [2.05, 4.69) is 76.4 Å². The standard InChI is InChI=1S/C45H58N4O3S/c1-43-20-18-34-26-33-14-15-35(47-23-8-4-2-3-5-9-36(50)10-6-7-11-39-41-38(29-53-39)48-42(51)49-41)27-44(33)21-22-45(34,52-44)40(43)17-16-37(43)31-13-12-30-19-24-46-28-32(30)25-31/h12-15,18-19,24-26,28,35,37-41,47H,2-11,16-17,20-23,27,29H2,1H3,(H2,48,49,51)/t35-,37-,38+,39+,40-,41+,43-,44-,45-/m1/s1. The third-order valence-electron chi connectivity index (χ3n) is 14.6. The van der Waals surface area contributed by atoms with Gasteiger partial charge in [0.25, 0.3) is 0 Å². The molecule has 2 amide bonds. The second kappa shape index (κ2) is 14.6. The Morgan fingerprint density at radius 3 is 2.79 bits per heavy atom. The summed E-state index contributed by atoms with van der Waals surface area (Å²) in [6.45, 7) is 3.59. The van der Waals surface area contributed by atoms with Gasteiger partial charge in [-0.1, -0.05) is 69.0 Å². The molecule has 1 saturated carbocycles. The average molecular weight is 735 g/mol. The highest BCUT2D eigenvalue weighted by molar-refractivity contribution is 8.00. The first-order chi connectivity index (χ1) is 25.9. The van der Waals surface area contributed by atoms with Crippen molar-refractivity contribution in [3.8, 4) is 0 Å². The normalized spacial score (nSPS) is 36.3. The minimum atomic E-state index is -0.162. The maximum atomic E-state index is 12.5. The van der Waals surface area contributed by atoms with Gasteiger partial charge in [-0.2, -0.15) is 11.8 Å². The number of Topliss-reactive ketones (excluding diaryl/α,β-unsaturated/α-hetero) is 1. The second-order valence-corrected chi connectivity index (χ2v) is 18.9. The number of urea groups is 1. The summed E-state index contributed by atoms with van der Waals surface area (Å²) < 4.78 is 7.53. The van der Waals surface area contributed by atoms with Crippen LogP contribution in [-0.2, 0) is 9.53 Å². The van der Waals surface area contributed by atoms with Crippen molar-refractivity contribution in [2.75, 3.05) is 12.3 Å². The second-order valence-electron chi connectivity index (χ2n) is 17.7. The van der Waals surface area contributed by atoms with Crippen LogP contribution in [0.1, 0.15) is 121 Å². The number of ketones is 1. The molecule has 7 nitrogen and oxygen atoms in total. The third kappa shape index (κ3) is 6.63. The molecule has 9 rings (SSSR count). The number of pyridine rings is 1. The van der Waals surface area contributed by atoms with E-state index < -0.39 is 0 Å². The molecule has 4 aliphatic heterocycles. The molecule has 2 spiro atoms. The van der Waals surface area contributed by atoms with E-state index in [1.165, 1.54) is 59.6 Å². The quantitative estimate of drug-likeness (QED) is 0.125. The Morgan fingerprint density at radius 2 is 1.87 bits per heavy atom. The molecule has 1 aromatic carbocycles. The average Bonchev–Trinajstić information content (AvgIpc) is 3.91. The van der Waals surface area contributed by atoms with E-state index in [4.69, 9.17) is 4.74 Å². The Labute approximate surface area is 320 Å². The van der Waals surface area contributed by atoms with Gasteiger partial charge in [-0.25, -0.2) is 4.79 Å². The van der Waals surface area contributed by atoms with Crippen LogP contribution in [-0.4, -0.2) is 63.7 Å². The number of nitrogens with one attached hydrogen (secondary N) is 3. The van der Waals surface area contributed by atoms with E-state index in [-0.39, 0.29) is 34.7 Å². The molecule has 8 heteroatoms. The monoisotopic (exact) mass is 734 g/mol. The highest BCUT2D eigenvalue weighted by atomic mass is 32.2. The summed E-state index contributed by atoms with van der Waals surface area (Å²) in [7, 11) is 0. The molecule has 5 heterocycles. The lowest BCUT2D eigenvalue weighted by molar-refractivity contribution is -0.129. The largest absolute Gasteiger partial charge is 0.359 e. The first-order valence-corrected chi connectivity index (χ1v) is 22.0. The Kier molecular flexibility index (Phi) is 9.85. The minimum Gasteiger partial charge on any atom is -0.359 e. The molecule has 3 saturated heterocycles. The van der Waals surface area contributed by atoms with Crippen LogP contribution in [0.2, 0.25) is 0 Å². The van der Waals surface area contributed by atoms with Crippen LogP contribution < -0.4 is 16.0 Å². The molecule has 53 heavy (non-hydrogen) atoms. The highest BCUT2D eigenvalue weighted by Gasteiger charge is 2.66. The van der Waals surface area contributed by atoms with E-state index >= 15 is 0 Å². The predicted octanol–water partition coefficient (Wildman–Crippen LogP) is 8.85. The van der Waals surface area contributed by atoms with Crippen LogP contribution in [0, 0.1) is 11.3 Å². The molecule has 9 atom stereocenters. The Balaban J connectivity index is 0.703. The summed E-state index contributed by atoms with van der Waals surface area (Å²) in [5.74, 6) is 2.51. The van der Waals surface area contributed by atoms with E-state index in [1.54, 1.807) is 0 Å². The van der Waals surface area contributed by atoms with E-state index in [9.17, 15) is 9.59 Å². The van der Waals surface area contributed by atoms with Crippen molar-refractivity contribution in [1.82, 2.24) is 20.9 Å². The first-order valence-electron chi connectivity index (χ1n) is 20.9. The number of unbranched alkanes of at least 4 members (excludes halogenated alkanes) is 5. The molecule has 282 valence electrons. The van der Waals surface area contributed by atoms with Gasteiger partial charge in [0, 0.05) is 47.7 Å². The summed E-state index contributed by atoms with van der Waals surface area (Å²) in [6, 6.07) is 10.1. The van der Waals surface area contributed by atoms with Crippen molar-refractivity contribution in [3.05, 3.63) is 77.7 Å². The summed E-state index contributed by atoms with van der Waals surface area (Å²) in [6.07, 6.45) is 30.9. The van der Waals surface area contributed by atoms with E-state index in [0.717, 1.165) is 76.5 Å². The maximum absolute atomic E-state index is 12.5. The molecule has 0 radical (unpaired) electrons. The molecule has 3 aliphatic carbocycles.